The van der Waals surface area contributed by atoms with E-state index >= 15 is 0 Å². The van der Waals surface area contributed by atoms with Crippen molar-refractivity contribution in [2.45, 2.75) is 23.4 Å². The third kappa shape index (κ3) is 2.92. The second-order valence-corrected chi connectivity index (χ2v) is 10.1. The van der Waals surface area contributed by atoms with Crippen LogP contribution in [0.4, 0.5) is 0 Å². The molecule has 4 rings (SSSR count). The quantitative estimate of drug-likeness (QED) is 0.785. The van der Waals surface area contributed by atoms with Crippen molar-refractivity contribution < 1.29 is 8.42 Å². The Labute approximate surface area is 159 Å². The summed E-state index contributed by atoms with van der Waals surface area (Å²) in [7, 11) is 0.535. The van der Waals surface area contributed by atoms with Crippen LogP contribution < -0.4 is 0 Å². The molecule has 0 aliphatic carbocycles. The minimum Gasteiger partial charge on any atom is -0.308 e. The molecule has 1 fully saturated rings. The molecule has 5 nitrogen and oxygen atoms in total. The van der Waals surface area contributed by atoms with E-state index in [9.17, 15) is 8.42 Å². The summed E-state index contributed by atoms with van der Waals surface area (Å²) in [5.41, 5.74) is 1.86. The summed E-state index contributed by atoms with van der Waals surface area (Å²) in [4.78, 5) is 4.93. The van der Waals surface area contributed by atoms with Gasteiger partial charge in [0.2, 0.25) is 10.0 Å². The van der Waals surface area contributed by atoms with Crippen LogP contribution in [0.3, 0.4) is 0 Å². The molecule has 1 aromatic carbocycles. The molecular weight excluding hydrogens is 366 g/mol. The average molecular weight is 392 g/mol. The van der Waals surface area contributed by atoms with Crippen molar-refractivity contribution in [3.8, 4) is 0 Å². The molecule has 0 amide bonds. The summed E-state index contributed by atoms with van der Waals surface area (Å²) in [5.74, 6) is 0. The Morgan fingerprint density at radius 3 is 2.77 bits per heavy atom. The Bertz CT molecular complexity index is 880. The van der Waals surface area contributed by atoms with E-state index in [0.29, 0.717) is 11.4 Å². The molecular formula is C19H25N3O2S2. The SMILES string of the molecule is CN(C)CCN1[C@]2(CCN(Cc3ccsc3)C2)c2ccccc2S1(=O)=O. The summed E-state index contributed by atoms with van der Waals surface area (Å²) in [6.45, 7) is 3.80. The maximum Gasteiger partial charge on any atom is 0.244 e. The number of fused-ring (bicyclic) bond motifs is 2. The smallest absolute Gasteiger partial charge is 0.244 e. The van der Waals surface area contributed by atoms with Crippen LogP contribution in [-0.4, -0.2) is 62.8 Å². The highest BCUT2D eigenvalue weighted by atomic mass is 32.2. The van der Waals surface area contributed by atoms with E-state index < -0.39 is 15.6 Å². The summed E-state index contributed by atoms with van der Waals surface area (Å²) < 4.78 is 28.3. The van der Waals surface area contributed by atoms with Crippen LogP contribution in [0.15, 0.2) is 46.0 Å². The highest BCUT2D eigenvalue weighted by Crippen LogP contribution is 2.49. The van der Waals surface area contributed by atoms with Crippen LogP contribution in [-0.2, 0) is 22.1 Å². The topological polar surface area (TPSA) is 43.9 Å². The van der Waals surface area contributed by atoms with E-state index in [1.807, 2.05) is 37.2 Å². The van der Waals surface area contributed by atoms with Crippen LogP contribution in [0, 0.1) is 0 Å². The largest absolute Gasteiger partial charge is 0.308 e. The van der Waals surface area contributed by atoms with Crippen LogP contribution in [0.5, 0.6) is 0 Å². The van der Waals surface area contributed by atoms with Gasteiger partial charge in [0.05, 0.1) is 10.4 Å². The highest BCUT2D eigenvalue weighted by molar-refractivity contribution is 7.89. The van der Waals surface area contributed by atoms with E-state index in [4.69, 9.17) is 0 Å². The fourth-order valence-corrected chi connectivity index (χ4v) is 6.97. The Balaban J connectivity index is 1.69. The summed E-state index contributed by atoms with van der Waals surface area (Å²) in [6, 6.07) is 9.73. The third-order valence-electron chi connectivity index (χ3n) is 5.50. The van der Waals surface area contributed by atoms with E-state index in [2.05, 4.69) is 21.7 Å². The lowest BCUT2D eigenvalue weighted by atomic mass is 9.89. The van der Waals surface area contributed by atoms with Crippen LogP contribution in [0.2, 0.25) is 0 Å². The molecule has 1 aromatic heterocycles. The molecule has 0 saturated carbocycles. The van der Waals surface area contributed by atoms with Gasteiger partial charge in [-0.2, -0.15) is 15.6 Å². The number of sulfonamides is 1. The fourth-order valence-electron chi connectivity index (χ4n) is 4.25. The van der Waals surface area contributed by atoms with Crippen molar-refractivity contribution in [2.75, 3.05) is 40.3 Å². The Morgan fingerprint density at radius 2 is 2.04 bits per heavy atom. The molecule has 0 radical (unpaired) electrons. The molecule has 2 aliphatic heterocycles. The second kappa shape index (κ2) is 6.73. The van der Waals surface area contributed by atoms with Gasteiger partial charge in [0.25, 0.3) is 0 Å². The molecule has 1 saturated heterocycles. The first-order valence-electron chi connectivity index (χ1n) is 8.94. The van der Waals surface area contributed by atoms with E-state index in [1.165, 1.54) is 5.56 Å². The van der Waals surface area contributed by atoms with Crippen molar-refractivity contribution in [1.82, 2.24) is 14.1 Å². The molecule has 0 N–H and O–H groups in total. The van der Waals surface area contributed by atoms with Gasteiger partial charge >= 0.3 is 0 Å². The molecule has 140 valence electrons. The highest BCUT2D eigenvalue weighted by Gasteiger charge is 2.56. The summed E-state index contributed by atoms with van der Waals surface area (Å²) in [6.07, 6.45) is 0.848. The predicted octanol–water partition coefficient (Wildman–Crippen LogP) is 2.42. The summed E-state index contributed by atoms with van der Waals surface area (Å²) in [5, 5.41) is 4.27. The number of likely N-dealkylation sites (N-methyl/N-ethyl adjacent to an activating group) is 1. The standard InChI is InChI=1S/C19H25N3O2S2/c1-20(2)10-11-22-19(17-5-3-4-6-18(17)26(22,23)24)8-9-21(15-19)13-16-7-12-25-14-16/h3-7,12,14H,8-11,13,15H2,1-2H3/t19-/m0/s1. The monoisotopic (exact) mass is 391 g/mol. The van der Waals surface area contributed by atoms with Gasteiger partial charge in [-0.05, 0) is 54.5 Å². The Hall–Kier alpha value is -1.25. The van der Waals surface area contributed by atoms with E-state index in [-0.39, 0.29) is 0 Å². The van der Waals surface area contributed by atoms with Gasteiger partial charge in [0, 0.05) is 32.7 Å². The number of hydrogen-bond donors (Lipinski definition) is 0. The van der Waals surface area contributed by atoms with E-state index in [0.717, 1.165) is 38.2 Å². The number of benzene rings is 1. The van der Waals surface area contributed by atoms with Gasteiger partial charge in [-0.15, -0.1) is 0 Å². The van der Waals surface area contributed by atoms with Gasteiger partial charge in [-0.1, -0.05) is 18.2 Å². The van der Waals surface area contributed by atoms with Gasteiger partial charge < -0.3 is 4.90 Å². The molecule has 2 aromatic rings. The minimum absolute atomic E-state index is 0.429. The average Bonchev–Trinajstić information content (AvgIpc) is 3.29. The maximum atomic E-state index is 13.3. The van der Waals surface area contributed by atoms with Crippen molar-refractivity contribution in [1.29, 1.82) is 0 Å². The van der Waals surface area contributed by atoms with Crippen LogP contribution in [0.25, 0.3) is 0 Å². The van der Waals surface area contributed by atoms with Gasteiger partial charge in [-0.25, -0.2) is 8.42 Å². The lowest BCUT2D eigenvalue weighted by Gasteiger charge is -2.35. The van der Waals surface area contributed by atoms with Gasteiger partial charge in [0.1, 0.15) is 0 Å². The van der Waals surface area contributed by atoms with Crippen molar-refractivity contribution >= 4 is 21.4 Å². The molecule has 7 heteroatoms. The van der Waals surface area contributed by atoms with Crippen molar-refractivity contribution in [3.05, 3.63) is 52.2 Å². The Kier molecular flexibility index (Phi) is 4.69. The van der Waals surface area contributed by atoms with E-state index in [1.54, 1.807) is 21.7 Å². The lowest BCUT2D eigenvalue weighted by molar-refractivity contribution is 0.178. The second-order valence-electron chi connectivity index (χ2n) is 7.50. The number of nitrogens with zero attached hydrogens (tertiary/aromatic N) is 3. The molecule has 3 heterocycles. The predicted molar refractivity (Wildman–Crippen MR) is 105 cm³/mol. The first-order chi connectivity index (χ1) is 12.4. The van der Waals surface area contributed by atoms with Crippen LogP contribution in [0.1, 0.15) is 17.5 Å². The maximum absolute atomic E-state index is 13.3. The summed E-state index contributed by atoms with van der Waals surface area (Å²) >= 11 is 1.71. The fraction of sp³-hybridized carbons (Fsp3) is 0.474. The Morgan fingerprint density at radius 1 is 1.23 bits per heavy atom. The molecule has 0 bridgehead atoms. The molecule has 0 unspecified atom stereocenters. The number of rotatable bonds is 5. The zero-order valence-corrected chi connectivity index (χ0v) is 16.9. The first kappa shape index (κ1) is 18.1. The number of likely N-dealkylation sites (tertiary alicyclic amines) is 1. The van der Waals surface area contributed by atoms with Crippen molar-refractivity contribution in [3.63, 3.8) is 0 Å². The molecule has 1 atom stereocenters. The zero-order chi connectivity index (χ0) is 18.4. The zero-order valence-electron chi connectivity index (χ0n) is 15.3. The molecule has 2 aliphatic rings. The van der Waals surface area contributed by atoms with Gasteiger partial charge in [-0.3, -0.25) is 4.90 Å². The lowest BCUT2D eigenvalue weighted by Crippen LogP contribution is -2.48. The molecule has 26 heavy (non-hydrogen) atoms. The van der Waals surface area contributed by atoms with Crippen LogP contribution >= 0.6 is 11.3 Å². The van der Waals surface area contributed by atoms with Gasteiger partial charge in [0.15, 0.2) is 0 Å². The third-order valence-corrected chi connectivity index (χ3v) is 8.25. The molecule has 1 spiro atoms. The minimum atomic E-state index is -3.44. The van der Waals surface area contributed by atoms with Crippen molar-refractivity contribution in [2.24, 2.45) is 0 Å². The number of hydrogen-bond acceptors (Lipinski definition) is 5. The number of thiophene rings is 1. The normalized spacial score (nSPS) is 25.3. The first-order valence-corrected chi connectivity index (χ1v) is 11.3.